The Bertz CT molecular complexity index is 752. The van der Waals surface area contributed by atoms with Gasteiger partial charge in [-0.1, -0.05) is 6.07 Å². The number of benzene rings is 1. The van der Waals surface area contributed by atoms with Crippen LogP contribution >= 0.6 is 0 Å². The number of hydrogen-bond donors (Lipinski definition) is 1. The van der Waals surface area contributed by atoms with Crippen molar-refractivity contribution < 1.29 is 9.21 Å². The third kappa shape index (κ3) is 2.49. The smallest absolute Gasteiger partial charge is 0.270 e. The summed E-state index contributed by atoms with van der Waals surface area (Å²) in [7, 11) is 0. The molecule has 0 unspecified atom stereocenters. The third-order valence-electron chi connectivity index (χ3n) is 2.83. The fraction of sp³-hybridized carbons (Fsp3) is 0.143. The van der Waals surface area contributed by atoms with Crippen molar-refractivity contribution in [3.05, 3.63) is 53.9 Å². The van der Waals surface area contributed by atoms with Gasteiger partial charge in [-0.25, -0.2) is 15.0 Å². The zero-order valence-corrected chi connectivity index (χ0v) is 10.8. The van der Waals surface area contributed by atoms with Crippen molar-refractivity contribution in [2.24, 2.45) is 0 Å². The van der Waals surface area contributed by atoms with E-state index in [0.29, 0.717) is 18.1 Å². The van der Waals surface area contributed by atoms with E-state index in [0.717, 1.165) is 16.7 Å². The fourth-order valence-electron chi connectivity index (χ4n) is 1.90. The zero-order chi connectivity index (χ0) is 13.9. The minimum absolute atomic E-state index is 0.233. The third-order valence-corrected chi connectivity index (χ3v) is 2.83. The lowest BCUT2D eigenvalue weighted by Crippen LogP contribution is -2.23. The largest absolute Gasteiger partial charge is 0.441 e. The molecule has 6 nitrogen and oxygen atoms in total. The highest BCUT2D eigenvalue weighted by molar-refractivity contribution is 5.92. The van der Waals surface area contributed by atoms with Crippen molar-refractivity contribution in [3.8, 4) is 0 Å². The molecule has 2 heterocycles. The molecular weight excluding hydrogens is 256 g/mol. The molecule has 0 spiro atoms. The first-order valence-electron chi connectivity index (χ1n) is 6.12. The van der Waals surface area contributed by atoms with Crippen molar-refractivity contribution in [1.29, 1.82) is 0 Å². The molecule has 0 aliphatic carbocycles. The van der Waals surface area contributed by atoms with Gasteiger partial charge < -0.3 is 9.73 Å². The Kier molecular flexibility index (Phi) is 3.12. The maximum atomic E-state index is 11.9. The summed E-state index contributed by atoms with van der Waals surface area (Å²) in [5.74, 6) is 0.394. The molecule has 3 rings (SSSR count). The topological polar surface area (TPSA) is 80.9 Å². The van der Waals surface area contributed by atoms with E-state index in [2.05, 4.69) is 20.3 Å². The van der Waals surface area contributed by atoms with Gasteiger partial charge in [0.05, 0.1) is 0 Å². The number of carbonyl (C=O) groups is 1. The highest BCUT2D eigenvalue weighted by Gasteiger charge is 2.07. The molecule has 0 aliphatic heterocycles. The monoisotopic (exact) mass is 268 g/mol. The summed E-state index contributed by atoms with van der Waals surface area (Å²) in [6, 6.07) is 7.21. The lowest BCUT2D eigenvalue weighted by Gasteiger charge is -2.04. The van der Waals surface area contributed by atoms with E-state index < -0.39 is 0 Å². The van der Waals surface area contributed by atoms with Crippen LogP contribution in [0.4, 0.5) is 0 Å². The second kappa shape index (κ2) is 5.08. The van der Waals surface area contributed by atoms with Gasteiger partial charge in [-0.05, 0) is 23.8 Å². The number of aromatic nitrogens is 3. The Morgan fingerprint density at radius 3 is 3.05 bits per heavy atom. The molecular formula is C14H12N4O2. The summed E-state index contributed by atoms with van der Waals surface area (Å²) in [5, 5.41) is 2.80. The summed E-state index contributed by atoms with van der Waals surface area (Å²) in [6.07, 6.45) is 2.88. The van der Waals surface area contributed by atoms with Crippen LogP contribution in [0.15, 0.2) is 41.2 Å². The van der Waals surface area contributed by atoms with Gasteiger partial charge in [-0.15, -0.1) is 0 Å². The molecule has 1 aromatic carbocycles. The maximum absolute atomic E-state index is 11.9. The second-order valence-corrected chi connectivity index (χ2v) is 4.31. The number of fused-ring (bicyclic) bond motifs is 1. The van der Waals surface area contributed by atoms with Gasteiger partial charge in [0, 0.05) is 19.7 Å². The summed E-state index contributed by atoms with van der Waals surface area (Å²) in [6.45, 7) is 2.21. The average Bonchev–Trinajstić information content (AvgIpc) is 2.85. The van der Waals surface area contributed by atoms with Crippen LogP contribution in [-0.2, 0) is 6.54 Å². The van der Waals surface area contributed by atoms with Crippen LogP contribution in [-0.4, -0.2) is 20.9 Å². The first kappa shape index (κ1) is 12.3. The van der Waals surface area contributed by atoms with Gasteiger partial charge in [0.2, 0.25) is 0 Å². The molecule has 0 radical (unpaired) electrons. The number of nitrogens with one attached hydrogen (secondary N) is 1. The van der Waals surface area contributed by atoms with Crippen LogP contribution in [0.5, 0.6) is 0 Å². The molecule has 0 saturated heterocycles. The first-order chi connectivity index (χ1) is 9.72. The Balaban J connectivity index is 1.72. The second-order valence-electron chi connectivity index (χ2n) is 4.31. The quantitative estimate of drug-likeness (QED) is 0.784. The molecule has 1 amide bonds. The molecule has 2 aromatic heterocycles. The number of nitrogens with zero attached hydrogens (tertiary/aromatic N) is 3. The van der Waals surface area contributed by atoms with Crippen LogP contribution in [0.25, 0.3) is 11.1 Å². The number of rotatable bonds is 3. The molecule has 0 aliphatic rings. The minimum Gasteiger partial charge on any atom is -0.441 e. The molecule has 0 bridgehead atoms. The summed E-state index contributed by atoms with van der Waals surface area (Å²) in [5.41, 5.74) is 2.83. The van der Waals surface area contributed by atoms with Crippen molar-refractivity contribution in [2.45, 2.75) is 13.5 Å². The predicted molar refractivity (Wildman–Crippen MR) is 71.9 cm³/mol. The molecule has 3 aromatic rings. The van der Waals surface area contributed by atoms with Crippen LogP contribution in [0.3, 0.4) is 0 Å². The number of carbonyl (C=O) groups excluding carboxylic acids is 1. The van der Waals surface area contributed by atoms with Gasteiger partial charge >= 0.3 is 0 Å². The molecule has 20 heavy (non-hydrogen) atoms. The number of aryl methyl sites for hydroxylation is 1. The standard InChI is InChI=1S/C14H12N4O2/c1-9-18-12-6-10(2-3-13(12)20-9)7-16-14(19)11-4-5-15-8-17-11/h2-6,8H,7H2,1H3,(H,16,19). The van der Waals surface area contributed by atoms with Crippen LogP contribution in [0.2, 0.25) is 0 Å². The molecule has 1 N–H and O–H groups in total. The molecule has 0 saturated carbocycles. The average molecular weight is 268 g/mol. The SMILES string of the molecule is Cc1nc2cc(CNC(=O)c3ccncn3)ccc2o1. The number of oxazole rings is 1. The van der Waals surface area contributed by atoms with E-state index in [9.17, 15) is 4.79 Å². The Morgan fingerprint density at radius 2 is 2.25 bits per heavy atom. The van der Waals surface area contributed by atoms with Crippen molar-refractivity contribution in [1.82, 2.24) is 20.3 Å². The van der Waals surface area contributed by atoms with Gasteiger partial charge in [0.1, 0.15) is 17.5 Å². The summed E-state index contributed by atoms with van der Waals surface area (Å²) >= 11 is 0. The maximum Gasteiger partial charge on any atom is 0.270 e. The Labute approximate surface area is 114 Å². The highest BCUT2D eigenvalue weighted by atomic mass is 16.3. The molecule has 0 fully saturated rings. The first-order valence-corrected chi connectivity index (χ1v) is 6.12. The summed E-state index contributed by atoms with van der Waals surface area (Å²) < 4.78 is 5.40. The number of hydrogen-bond acceptors (Lipinski definition) is 5. The van der Waals surface area contributed by atoms with Gasteiger partial charge in [0.15, 0.2) is 11.5 Å². The van der Waals surface area contributed by atoms with Gasteiger partial charge in [0.25, 0.3) is 5.91 Å². The molecule has 0 atom stereocenters. The van der Waals surface area contributed by atoms with Gasteiger partial charge in [-0.3, -0.25) is 4.79 Å². The van der Waals surface area contributed by atoms with E-state index in [4.69, 9.17) is 4.42 Å². The normalized spacial score (nSPS) is 10.7. The number of amides is 1. The Hall–Kier alpha value is -2.76. The van der Waals surface area contributed by atoms with E-state index >= 15 is 0 Å². The highest BCUT2D eigenvalue weighted by Crippen LogP contribution is 2.16. The van der Waals surface area contributed by atoms with Crippen LogP contribution in [0, 0.1) is 6.92 Å². The lowest BCUT2D eigenvalue weighted by molar-refractivity contribution is 0.0945. The van der Waals surface area contributed by atoms with E-state index in [1.165, 1.54) is 12.5 Å². The zero-order valence-electron chi connectivity index (χ0n) is 10.8. The summed E-state index contributed by atoms with van der Waals surface area (Å²) in [4.78, 5) is 23.8. The molecule has 100 valence electrons. The van der Waals surface area contributed by atoms with Crippen LogP contribution < -0.4 is 5.32 Å². The Morgan fingerprint density at radius 1 is 1.35 bits per heavy atom. The fourth-order valence-corrected chi connectivity index (χ4v) is 1.90. The van der Waals surface area contributed by atoms with E-state index in [1.807, 2.05) is 18.2 Å². The lowest BCUT2D eigenvalue weighted by atomic mass is 10.2. The van der Waals surface area contributed by atoms with Crippen molar-refractivity contribution >= 4 is 17.0 Å². The minimum atomic E-state index is -0.233. The van der Waals surface area contributed by atoms with Gasteiger partial charge in [-0.2, -0.15) is 0 Å². The van der Waals surface area contributed by atoms with Crippen LogP contribution in [0.1, 0.15) is 21.9 Å². The van der Waals surface area contributed by atoms with E-state index in [1.54, 1.807) is 13.0 Å². The van der Waals surface area contributed by atoms with Crippen molar-refractivity contribution in [2.75, 3.05) is 0 Å². The van der Waals surface area contributed by atoms with E-state index in [-0.39, 0.29) is 5.91 Å². The predicted octanol–water partition coefficient (Wildman–Crippen LogP) is 1.86. The van der Waals surface area contributed by atoms with Crippen molar-refractivity contribution in [3.63, 3.8) is 0 Å². The molecule has 6 heteroatoms.